The molecule has 3 N–H and O–H groups in total. The van der Waals surface area contributed by atoms with Gasteiger partial charge in [0.25, 0.3) is 5.91 Å². The van der Waals surface area contributed by atoms with Gasteiger partial charge in [0, 0.05) is 11.1 Å². The lowest BCUT2D eigenvalue weighted by Crippen LogP contribution is -2.14. The van der Waals surface area contributed by atoms with E-state index in [0.29, 0.717) is 21.8 Å². The second kappa shape index (κ2) is 6.24. The summed E-state index contributed by atoms with van der Waals surface area (Å²) in [5.74, 6) is -0.222. The summed E-state index contributed by atoms with van der Waals surface area (Å²) in [6.45, 7) is 3.96. The van der Waals surface area contributed by atoms with Gasteiger partial charge in [-0.25, -0.2) is 0 Å². The van der Waals surface area contributed by atoms with Crippen molar-refractivity contribution in [3.63, 3.8) is 0 Å². The smallest absolute Gasteiger partial charge is 0.255 e. The minimum Gasteiger partial charge on any atom is -0.389 e. The second-order valence-corrected chi connectivity index (χ2v) is 5.66. The summed E-state index contributed by atoms with van der Waals surface area (Å²) >= 11 is 11.0. The molecular weight excluding hydrogens is 304 g/mol. The lowest BCUT2D eigenvalue weighted by atomic mass is 10.1. The molecule has 0 saturated heterocycles. The number of hydrogen-bond donors (Lipinski definition) is 2. The van der Waals surface area contributed by atoms with Gasteiger partial charge in [-0.3, -0.25) is 4.79 Å². The van der Waals surface area contributed by atoms with Crippen LogP contribution >= 0.6 is 23.8 Å². The standard InChI is InChI=1S/C16H15ClN2OS/c1-9-3-4-12(7-10(9)2)16(20)19-14-8-11(15(18)21)5-6-13(14)17/h3-8H,1-2H3,(H2,18,21)(H,19,20). The number of aryl methyl sites for hydroxylation is 2. The molecule has 0 aliphatic heterocycles. The van der Waals surface area contributed by atoms with E-state index in [9.17, 15) is 4.79 Å². The number of amides is 1. The van der Waals surface area contributed by atoms with E-state index in [4.69, 9.17) is 29.6 Å². The monoisotopic (exact) mass is 318 g/mol. The normalized spacial score (nSPS) is 10.2. The summed E-state index contributed by atoms with van der Waals surface area (Å²) in [6, 6.07) is 10.6. The Balaban J connectivity index is 2.28. The molecule has 2 aromatic carbocycles. The Morgan fingerprint density at radius 3 is 2.38 bits per heavy atom. The maximum Gasteiger partial charge on any atom is 0.255 e. The predicted octanol–water partition coefficient (Wildman–Crippen LogP) is 3.84. The molecule has 108 valence electrons. The van der Waals surface area contributed by atoms with Gasteiger partial charge in [-0.15, -0.1) is 0 Å². The number of thiocarbonyl (C=S) groups is 1. The van der Waals surface area contributed by atoms with Crippen molar-refractivity contribution < 1.29 is 4.79 Å². The third-order valence-electron chi connectivity index (χ3n) is 3.27. The van der Waals surface area contributed by atoms with E-state index in [2.05, 4.69) is 5.32 Å². The molecule has 0 spiro atoms. The molecule has 0 aliphatic rings. The SMILES string of the molecule is Cc1ccc(C(=O)Nc2cc(C(N)=S)ccc2Cl)cc1C. The summed E-state index contributed by atoms with van der Waals surface area (Å²) in [7, 11) is 0. The van der Waals surface area contributed by atoms with Crippen LogP contribution in [0.1, 0.15) is 27.0 Å². The highest BCUT2D eigenvalue weighted by Gasteiger charge is 2.10. The molecule has 5 heteroatoms. The quantitative estimate of drug-likeness (QED) is 0.845. The van der Waals surface area contributed by atoms with E-state index in [1.54, 1.807) is 24.3 Å². The molecule has 0 unspecified atom stereocenters. The number of benzene rings is 2. The molecule has 3 nitrogen and oxygen atoms in total. The molecule has 0 fully saturated rings. The average Bonchev–Trinajstić information content (AvgIpc) is 2.43. The largest absolute Gasteiger partial charge is 0.389 e. The fourth-order valence-electron chi connectivity index (χ4n) is 1.85. The number of nitrogens with two attached hydrogens (primary N) is 1. The van der Waals surface area contributed by atoms with Crippen LogP contribution in [-0.4, -0.2) is 10.9 Å². The van der Waals surface area contributed by atoms with Crippen molar-refractivity contribution in [1.82, 2.24) is 0 Å². The zero-order valence-electron chi connectivity index (χ0n) is 11.7. The van der Waals surface area contributed by atoms with Crippen molar-refractivity contribution in [1.29, 1.82) is 0 Å². The third kappa shape index (κ3) is 3.60. The van der Waals surface area contributed by atoms with Crippen LogP contribution in [0.5, 0.6) is 0 Å². The van der Waals surface area contributed by atoms with Crippen LogP contribution < -0.4 is 11.1 Å². The third-order valence-corrected chi connectivity index (χ3v) is 3.83. The fourth-order valence-corrected chi connectivity index (χ4v) is 2.14. The fraction of sp³-hybridized carbons (Fsp3) is 0.125. The van der Waals surface area contributed by atoms with E-state index in [-0.39, 0.29) is 10.9 Å². The van der Waals surface area contributed by atoms with Gasteiger partial charge >= 0.3 is 0 Å². The average molecular weight is 319 g/mol. The predicted molar refractivity (Wildman–Crippen MR) is 91.2 cm³/mol. The highest BCUT2D eigenvalue weighted by molar-refractivity contribution is 7.80. The molecular formula is C16H15ClN2OS. The number of hydrogen-bond acceptors (Lipinski definition) is 2. The van der Waals surface area contributed by atoms with Gasteiger partial charge in [-0.2, -0.15) is 0 Å². The lowest BCUT2D eigenvalue weighted by molar-refractivity contribution is 0.102. The van der Waals surface area contributed by atoms with Gasteiger partial charge in [-0.1, -0.05) is 36.0 Å². The van der Waals surface area contributed by atoms with Crippen LogP contribution in [0.25, 0.3) is 0 Å². The summed E-state index contributed by atoms with van der Waals surface area (Å²) in [5, 5.41) is 3.22. The molecule has 0 saturated carbocycles. The van der Waals surface area contributed by atoms with Crippen molar-refractivity contribution in [2.75, 3.05) is 5.32 Å². The first-order valence-corrected chi connectivity index (χ1v) is 7.15. The van der Waals surface area contributed by atoms with Crippen LogP contribution in [0.3, 0.4) is 0 Å². The molecule has 2 rings (SSSR count). The maximum absolute atomic E-state index is 12.3. The number of carbonyl (C=O) groups is 1. The highest BCUT2D eigenvalue weighted by atomic mass is 35.5. The van der Waals surface area contributed by atoms with Crippen molar-refractivity contribution >= 4 is 40.4 Å². The summed E-state index contributed by atoms with van der Waals surface area (Å²) < 4.78 is 0. The Hall–Kier alpha value is -1.91. The van der Waals surface area contributed by atoms with E-state index in [0.717, 1.165) is 11.1 Å². The Morgan fingerprint density at radius 1 is 1.10 bits per heavy atom. The minimum absolute atomic E-state index is 0.222. The van der Waals surface area contributed by atoms with Gasteiger partial charge in [0.05, 0.1) is 10.7 Å². The van der Waals surface area contributed by atoms with E-state index < -0.39 is 0 Å². The van der Waals surface area contributed by atoms with Crippen LogP contribution in [-0.2, 0) is 0 Å². The molecule has 2 aromatic rings. The van der Waals surface area contributed by atoms with Crippen molar-refractivity contribution in [3.05, 3.63) is 63.7 Å². The zero-order chi connectivity index (χ0) is 15.6. The minimum atomic E-state index is -0.222. The number of nitrogens with one attached hydrogen (secondary N) is 1. The Kier molecular flexibility index (Phi) is 4.60. The molecule has 0 atom stereocenters. The molecule has 1 amide bonds. The molecule has 21 heavy (non-hydrogen) atoms. The lowest BCUT2D eigenvalue weighted by Gasteiger charge is -2.10. The van der Waals surface area contributed by atoms with Gasteiger partial charge in [0.1, 0.15) is 4.99 Å². The summed E-state index contributed by atoms with van der Waals surface area (Å²) in [4.78, 5) is 12.5. The molecule has 0 radical (unpaired) electrons. The van der Waals surface area contributed by atoms with E-state index in [1.807, 2.05) is 26.0 Å². The zero-order valence-corrected chi connectivity index (χ0v) is 13.3. The summed E-state index contributed by atoms with van der Waals surface area (Å²) in [6.07, 6.45) is 0. The Labute approximate surface area is 134 Å². The van der Waals surface area contributed by atoms with Gasteiger partial charge in [0.2, 0.25) is 0 Å². The van der Waals surface area contributed by atoms with Gasteiger partial charge in [-0.05, 0) is 49.2 Å². The van der Waals surface area contributed by atoms with Gasteiger partial charge < -0.3 is 11.1 Å². The van der Waals surface area contributed by atoms with Crippen LogP contribution in [0.4, 0.5) is 5.69 Å². The number of rotatable bonds is 3. The van der Waals surface area contributed by atoms with E-state index >= 15 is 0 Å². The van der Waals surface area contributed by atoms with Crippen molar-refractivity contribution in [2.45, 2.75) is 13.8 Å². The summed E-state index contributed by atoms with van der Waals surface area (Å²) in [5.41, 5.74) is 9.51. The van der Waals surface area contributed by atoms with Crippen LogP contribution in [0, 0.1) is 13.8 Å². The Morgan fingerprint density at radius 2 is 1.76 bits per heavy atom. The molecule has 0 aromatic heterocycles. The van der Waals surface area contributed by atoms with Crippen LogP contribution in [0.15, 0.2) is 36.4 Å². The number of anilines is 1. The molecule has 0 bridgehead atoms. The topological polar surface area (TPSA) is 55.1 Å². The second-order valence-electron chi connectivity index (χ2n) is 4.81. The van der Waals surface area contributed by atoms with Crippen molar-refractivity contribution in [2.24, 2.45) is 5.73 Å². The first kappa shape index (κ1) is 15.5. The van der Waals surface area contributed by atoms with Gasteiger partial charge in [0.15, 0.2) is 0 Å². The molecule has 0 aliphatic carbocycles. The number of carbonyl (C=O) groups excluding carboxylic acids is 1. The number of halogens is 1. The maximum atomic E-state index is 12.3. The Bertz CT molecular complexity index is 728. The first-order valence-electron chi connectivity index (χ1n) is 6.36. The first-order chi connectivity index (χ1) is 9.88. The molecule has 0 heterocycles. The highest BCUT2D eigenvalue weighted by Crippen LogP contribution is 2.24. The van der Waals surface area contributed by atoms with E-state index in [1.165, 1.54) is 0 Å². The van der Waals surface area contributed by atoms with Crippen molar-refractivity contribution in [3.8, 4) is 0 Å². The van der Waals surface area contributed by atoms with Crippen LogP contribution in [0.2, 0.25) is 5.02 Å².